The maximum Gasteiger partial charge on any atom is 0.360 e. The Bertz CT molecular complexity index is 478. The van der Waals surface area contributed by atoms with Crippen LogP contribution in [-0.2, 0) is 9.63 Å². The fraction of sp³-hybridized carbons (Fsp3) is 0.286. The molecule has 10 heteroatoms. The first-order chi connectivity index (χ1) is 8.15. The first kappa shape index (κ1) is 12.7. The van der Waals surface area contributed by atoms with Crippen molar-refractivity contribution in [3.8, 4) is 0 Å². The van der Waals surface area contributed by atoms with Crippen LogP contribution in [0.4, 0.5) is 5.13 Å². The highest BCUT2D eigenvalue weighted by Gasteiger charge is 2.16. The molecule has 1 aromatic heterocycles. The Hall–Kier alpha value is -2.32. The van der Waals surface area contributed by atoms with Crippen LogP contribution in [0.3, 0.4) is 0 Å². The Morgan fingerprint density at radius 2 is 2.53 bits per heavy atom. The van der Waals surface area contributed by atoms with Crippen molar-refractivity contribution in [3.05, 3.63) is 21.5 Å². The van der Waals surface area contributed by atoms with Gasteiger partial charge in [0.25, 0.3) is 0 Å². The molecule has 17 heavy (non-hydrogen) atoms. The summed E-state index contributed by atoms with van der Waals surface area (Å²) in [5.41, 5.74) is 13.1. The fourth-order valence-electron chi connectivity index (χ4n) is 0.828. The third-order valence-corrected chi connectivity index (χ3v) is 2.14. The Morgan fingerprint density at radius 1 is 1.76 bits per heavy atom. The van der Waals surface area contributed by atoms with Crippen LogP contribution >= 0.6 is 11.3 Å². The van der Waals surface area contributed by atoms with Gasteiger partial charge in [0, 0.05) is 10.3 Å². The molecule has 0 aliphatic heterocycles. The minimum atomic E-state index is -1.28. The molecule has 1 rings (SSSR count). The van der Waals surface area contributed by atoms with Crippen LogP contribution in [0.1, 0.15) is 5.69 Å². The van der Waals surface area contributed by atoms with Crippen molar-refractivity contribution >= 4 is 28.1 Å². The summed E-state index contributed by atoms with van der Waals surface area (Å²) in [7, 11) is 0. The molecule has 9 nitrogen and oxygen atoms in total. The van der Waals surface area contributed by atoms with Crippen molar-refractivity contribution in [3.63, 3.8) is 0 Å². The number of rotatable bonds is 6. The Balaban J connectivity index is 2.69. The van der Waals surface area contributed by atoms with E-state index in [-0.39, 0.29) is 29.7 Å². The molecule has 0 unspecified atom stereocenters. The van der Waals surface area contributed by atoms with Crippen molar-refractivity contribution in [2.24, 2.45) is 10.3 Å². The maximum atomic E-state index is 10.9. The van der Waals surface area contributed by atoms with Gasteiger partial charge in [-0.25, -0.2) is 9.78 Å². The van der Waals surface area contributed by atoms with E-state index < -0.39 is 5.97 Å². The number of anilines is 1. The topological polar surface area (TPSA) is 147 Å². The number of azide groups is 1. The van der Waals surface area contributed by atoms with Crippen LogP contribution in [0.25, 0.3) is 10.4 Å². The number of carboxylic acid groups (broad SMARTS) is 1. The van der Waals surface area contributed by atoms with Crippen molar-refractivity contribution in [1.82, 2.24) is 4.98 Å². The Labute approximate surface area is 99.1 Å². The van der Waals surface area contributed by atoms with Gasteiger partial charge in [0.1, 0.15) is 12.3 Å². The molecule has 0 radical (unpaired) electrons. The van der Waals surface area contributed by atoms with Gasteiger partial charge in [-0.2, -0.15) is 0 Å². The average Bonchev–Trinajstić information content (AvgIpc) is 2.69. The van der Waals surface area contributed by atoms with Gasteiger partial charge < -0.3 is 15.7 Å². The number of nitrogens with two attached hydrogens (primary N) is 1. The lowest BCUT2D eigenvalue weighted by atomic mass is 10.3. The molecule has 3 N–H and O–H groups in total. The highest BCUT2D eigenvalue weighted by molar-refractivity contribution is 7.13. The SMILES string of the molecule is [N-]=[N+]=NCCO/N=C(\C(=O)O)c1csc(N)n1. The summed E-state index contributed by atoms with van der Waals surface area (Å²) in [6.45, 7) is 0.0482. The number of nitrogen functional groups attached to an aromatic ring is 1. The number of hydrogen-bond acceptors (Lipinski definition) is 7. The van der Waals surface area contributed by atoms with E-state index in [0.29, 0.717) is 0 Å². The minimum absolute atomic E-state index is 0.0134. The number of aromatic nitrogens is 1. The average molecular weight is 256 g/mol. The fourth-order valence-corrected chi connectivity index (χ4v) is 1.38. The van der Waals surface area contributed by atoms with Crippen LogP contribution in [0.5, 0.6) is 0 Å². The molecule has 0 saturated heterocycles. The maximum absolute atomic E-state index is 10.9. The highest BCUT2D eigenvalue weighted by Crippen LogP contribution is 2.12. The number of oxime groups is 1. The zero-order chi connectivity index (χ0) is 12.7. The van der Waals surface area contributed by atoms with Crippen molar-refractivity contribution in [2.75, 3.05) is 18.9 Å². The molecule has 90 valence electrons. The lowest BCUT2D eigenvalue weighted by Gasteiger charge is -1.98. The second kappa shape index (κ2) is 6.30. The van der Waals surface area contributed by atoms with Gasteiger partial charge in [-0.15, -0.1) is 11.3 Å². The molecule has 0 spiro atoms. The molecular formula is C7H8N6O3S. The Morgan fingerprint density at radius 3 is 3.06 bits per heavy atom. The van der Waals surface area contributed by atoms with Gasteiger partial charge in [-0.1, -0.05) is 10.3 Å². The summed E-state index contributed by atoms with van der Waals surface area (Å²) in [6.07, 6.45) is 0. The first-order valence-electron chi connectivity index (χ1n) is 4.30. The molecule has 0 saturated carbocycles. The van der Waals surface area contributed by atoms with Crippen molar-refractivity contribution in [1.29, 1.82) is 0 Å². The molecule has 0 bridgehead atoms. The van der Waals surface area contributed by atoms with E-state index in [0.717, 1.165) is 11.3 Å². The summed E-state index contributed by atoms with van der Waals surface area (Å²) in [5.74, 6) is -1.28. The zero-order valence-electron chi connectivity index (χ0n) is 8.48. The quantitative estimate of drug-likeness (QED) is 0.193. The zero-order valence-corrected chi connectivity index (χ0v) is 9.29. The molecule has 1 aromatic rings. The van der Waals surface area contributed by atoms with E-state index >= 15 is 0 Å². The van der Waals surface area contributed by atoms with Gasteiger partial charge in [-0.3, -0.25) is 0 Å². The normalized spacial score (nSPS) is 10.7. The third kappa shape index (κ3) is 3.97. The lowest BCUT2D eigenvalue weighted by Crippen LogP contribution is -2.16. The second-order valence-corrected chi connectivity index (χ2v) is 3.49. The number of carbonyl (C=O) groups is 1. The van der Waals surface area contributed by atoms with Crippen LogP contribution in [-0.4, -0.2) is 34.9 Å². The van der Waals surface area contributed by atoms with Crippen LogP contribution in [0.15, 0.2) is 15.7 Å². The third-order valence-electron chi connectivity index (χ3n) is 1.47. The standard InChI is InChI=1S/C7H8N6O3S/c8-7-11-4(3-17-7)5(6(14)15)12-16-2-1-10-13-9/h3H,1-2H2,(H2,8,11)(H,14,15)/b12-5-. The Kier molecular flexibility index (Phi) is 4.73. The summed E-state index contributed by atoms with van der Waals surface area (Å²) >= 11 is 1.10. The summed E-state index contributed by atoms with van der Waals surface area (Å²) in [4.78, 5) is 21.8. The number of thiazole rings is 1. The largest absolute Gasteiger partial charge is 0.476 e. The van der Waals surface area contributed by atoms with Gasteiger partial charge in [0.2, 0.25) is 5.71 Å². The smallest absolute Gasteiger partial charge is 0.360 e. The molecule has 0 aliphatic rings. The predicted molar refractivity (Wildman–Crippen MR) is 60.7 cm³/mol. The summed E-state index contributed by atoms with van der Waals surface area (Å²) in [6, 6.07) is 0. The van der Waals surface area contributed by atoms with Crippen LogP contribution in [0, 0.1) is 0 Å². The van der Waals surface area contributed by atoms with E-state index in [2.05, 4.69) is 25.0 Å². The highest BCUT2D eigenvalue weighted by atomic mass is 32.1. The molecular weight excluding hydrogens is 248 g/mol. The monoisotopic (exact) mass is 256 g/mol. The van der Waals surface area contributed by atoms with E-state index in [9.17, 15) is 4.79 Å². The number of nitrogens with zero attached hydrogens (tertiary/aromatic N) is 5. The molecule has 1 heterocycles. The van der Waals surface area contributed by atoms with Crippen LogP contribution < -0.4 is 5.73 Å². The van der Waals surface area contributed by atoms with Crippen LogP contribution in [0.2, 0.25) is 0 Å². The van der Waals surface area contributed by atoms with E-state index in [1.54, 1.807) is 0 Å². The lowest BCUT2D eigenvalue weighted by molar-refractivity contribution is -0.129. The number of aliphatic carboxylic acids is 1. The first-order valence-corrected chi connectivity index (χ1v) is 5.18. The van der Waals surface area contributed by atoms with Gasteiger partial charge in [0.15, 0.2) is 5.13 Å². The molecule has 0 fully saturated rings. The van der Waals surface area contributed by atoms with Gasteiger partial charge in [-0.05, 0) is 5.53 Å². The van der Waals surface area contributed by atoms with Gasteiger partial charge in [0.05, 0.1) is 6.54 Å². The van der Waals surface area contributed by atoms with Crippen molar-refractivity contribution in [2.45, 2.75) is 0 Å². The van der Waals surface area contributed by atoms with E-state index in [1.807, 2.05) is 0 Å². The van der Waals surface area contributed by atoms with Crippen molar-refractivity contribution < 1.29 is 14.7 Å². The molecule has 0 aliphatic carbocycles. The molecule has 0 atom stereocenters. The number of hydrogen-bond donors (Lipinski definition) is 2. The summed E-state index contributed by atoms with van der Waals surface area (Å²) < 4.78 is 0. The molecule has 0 aromatic carbocycles. The van der Waals surface area contributed by atoms with E-state index in [4.69, 9.17) is 16.4 Å². The predicted octanol–water partition coefficient (Wildman–Crippen LogP) is 0.841. The number of carboxylic acids is 1. The second-order valence-electron chi connectivity index (χ2n) is 2.60. The summed E-state index contributed by atoms with van der Waals surface area (Å²) in [5, 5.41) is 17.2. The molecule has 0 amide bonds. The minimum Gasteiger partial charge on any atom is -0.476 e. The van der Waals surface area contributed by atoms with E-state index in [1.165, 1.54) is 5.38 Å². The van der Waals surface area contributed by atoms with Gasteiger partial charge >= 0.3 is 5.97 Å².